The van der Waals surface area contributed by atoms with Crippen LogP contribution in [-0.4, -0.2) is 29.4 Å². The predicted octanol–water partition coefficient (Wildman–Crippen LogP) is 2.82. The third-order valence-electron chi connectivity index (χ3n) is 5.41. The number of benzene rings is 2. The molecule has 1 N–H and O–H groups in total. The summed E-state index contributed by atoms with van der Waals surface area (Å²) in [6, 6.07) is 12.0. The van der Waals surface area contributed by atoms with E-state index in [-0.39, 0.29) is 17.9 Å². The van der Waals surface area contributed by atoms with Crippen molar-refractivity contribution in [3.8, 4) is 11.5 Å². The number of rotatable bonds is 5. The van der Waals surface area contributed by atoms with Crippen molar-refractivity contribution < 1.29 is 19.4 Å². The van der Waals surface area contributed by atoms with Crippen LogP contribution >= 0.6 is 11.3 Å². The van der Waals surface area contributed by atoms with Crippen LogP contribution in [0.15, 0.2) is 63.5 Å². The van der Waals surface area contributed by atoms with E-state index in [0.29, 0.717) is 31.9 Å². The highest BCUT2D eigenvalue weighted by molar-refractivity contribution is 7.07. The summed E-state index contributed by atoms with van der Waals surface area (Å²) in [4.78, 5) is 31.5. The molecule has 0 saturated carbocycles. The van der Waals surface area contributed by atoms with Gasteiger partial charge in [0.25, 0.3) is 5.56 Å². The first-order chi connectivity index (χ1) is 15.8. The molecule has 0 bridgehead atoms. The summed E-state index contributed by atoms with van der Waals surface area (Å²) < 4.78 is 12.5. The van der Waals surface area contributed by atoms with Gasteiger partial charge in [-0.05, 0) is 50.1 Å². The molecular formula is C25H24N2O5S. The number of nitrogens with zero attached hydrogens (tertiary/aromatic N) is 2. The van der Waals surface area contributed by atoms with Gasteiger partial charge in [0.1, 0.15) is 0 Å². The normalized spacial score (nSPS) is 15.8. The molecule has 1 aliphatic rings. The Kier molecular flexibility index (Phi) is 6.20. The fourth-order valence-corrected chi connectivity index (χ4v) is 4.84. The van der Waals surface area contributed by atoms with E-state index >= 15 is 0 Å². The van der Waals surface area contributed by atoms with Crippen molar-refractivity contribution in [2.45, 2.75) is 26.8 Å². The first-order valence-electron chi connectivity index (χ1n) is 10.5. The number of fused-ring (bicyclic) bond motifs is 1. The number of methoxy groups -OCH3 is 1. The number of allylic oxidation sites excluding steroid dienone is 1. The SMILES string of the molecule is CCOC(=O)C1=C(C)N=c2s/c(=C\c3ccc(O)c(OC)c3)c(=O)n2C1c1ccc(C)cc1. The standard InChI is InChI=1S/C25H24N2O5S/c1-5-32-24(30)21-15(3)26-25-27(22(21)17-9-6-14(2)7-10-17)23(29)20(33-25)13-16-8-11-18(28)19(12-16)31-4/h6-13,22,28H,5H2,1-4H3/b20-13-. The van der Waals surface area contributed by atoms with Crippen LogP contribution in [0.25, 0.3) is 6.08 Å². The average molecular weight is 465 g/mol. The number of hydrogen-bond donors (Lipinski definition) is 1. The van der Waals surface area contributed by atoms with Gasteiger partial charge in [0.2, 0.25) is 0 Å². The van der Waals surface area contributed by atoms with Crippen LogP contribution in [0, 0.1) is 6.92 Å². The lowest BCUT2D eigenvalue weighted by Gasteiger charge is -2.24. The van der Waals surface area contributed by atoms with Gasteiger partial charge < -0.3 is 14.6 Å². The van der Waals surface area contributed by atoms with Crippen molar-refractivity contribution in [1.82, 2.24) is 4.57 Å². The molecule has 1 unspecified atom stereocenters. The highest BCUT2D eigenvalue weighted by Gasteiger charge is 2.33. The Morgan fingerprint density at radius 3 is 2.61 bits per heavy atom. The quantitative estimate of drug-likeness (QED) is 0.587. The molecule has 1 aliphatic heterocycles. The van der Waals surface area contributed by atoms with Crippen LogP contribution in [0.3, 0.4) is 0 Å². The van der Waals surface area contributed by atoms with Crippen molar-refractivity contribution in [3.63, 3.8) is 0 Å². The highest BCUT2D eigenvalue weighted by Crippen LogP contribution is 2.31. The van der Waals surface area contributed by atoms with Crippen LogP contribution in [0.2, 0.25) is 0 Å². The van der Waals surface area contributed by atoms with Crippen molar-refractivity contribution in [3.05, 3.63) is 90.1 Å². The van der Waals surface area contributed by atoms with E-state index in [1.807, 2.05) is 31.2 Å². The summed E-state index contributed by atoms with van der Waals surface area (Å²) in [5.74, 6) is -0.151. The van der Waals surface area contributed by atoms with Gasteiger partial charge in [0.15, 0.2) is 16.3 Å². The summed E-state index contributed by atoms with van der Waals surface area (Å²) in [5, 5.41) is 9.86. The molecule has 4 rings (SSSR count). The zero-order chi connectivity index (χ0) is 23.7. The Bertz CT molecular complexity index is 1430. The molecule has 0 spiro atoms. The van der Waals surface area contributed by atoms with Crippen molar-refractivity contribution in [1.29, 1.82) is 0 Å². The van der Waals surface area contributed by atoms with Crippen molar-refractivity contribution in [2.75, 3.05) is 13.7 Å². The number of carbonyl (C=O) groups is 1. The van der Waals surface area contributed by atoms with Gasteiger partial charge in [-0.25, -0.2) is 9.79 Å². The maximum absolute atomic E-state index is 13.5. The molecule has 7 nitrogen and oxygen atoms in total. The van der Waals surface area contributed by atoms with E-state index in [1.54, 1.807) is 36.6 Å². The molecule has 1 aromatic heterocycles. The number of phenols is 1. The number of aromatic nitrogens is 1. The number of aryl methyl sites for hydroxylation is 1. The number of carbonyl (C=O) groups excluding carboxylic acids is 1. The van der Waals surface area contributed by atoms with Crippen LogP contribution in [0.4, 0.5) is 0 Å². The van der Waals surface area contributed by atoms with Gasteiger partial charge >= 0.3 is 5.97 Å². The van der Waals surface area contributed by atoms with Crippen LogP contribution in [-0.2, 0) is 9.53 Å². The second-order valence-corrected chi connectivity index (χ2v) is 8.65. The third kappa shape index (κ3) is 4.21. The van der Waals surface area contributed by atoms with Gasteiger partial charge in [-0.2, -0.15) is 0 Å². The fourth-order valence-electron chi connectivity index (χ4n) is 3.79. The average Bonchev–Trinajstić information content (AvgIpc) is 3.09. The molecule has 0 radical (unpaired) electrons. The number of thiazole rings is 1. The Labute approximate surface area is 194 Å². The Hall–Kier alpha value is -3.65. The minimum Gasteiger partial charge on any atom is -0.504 e. The van der Waals surface area contributed by atoms with Gasteiger partial charge in [0.05, 0.1) is 35.6 Å². The van der Waals surface area contributed by atoms with Crippen molar-refractivity contribution >= 4 is 23.4 Å². The zero-order valence-corrected chi connectivity index (χ0v) is 19.6. The number of esters is 1. The first kappa shape index (κ1) is 22.5. The lowest BCUT2D eigenvalue weighted by molar-refractivity contribution is -0.139. The van der Waals surface area contributed by atoms with Gasteiger partial charge in [0, 0.05) is 0 Å². The van der Waals surface area contributed by atoms with E-state index in [0.717, 1.165) is 11.1 Å². The largest absolute Gasteiger partial charge is 0.504 e. The molecule has 0 aliphatic carbocycles. The lowest BCUT2D eigenvalue weighted by Crippen LogP contribution is -2.39. The summed E-state index contributed by atoms with van der Waals surface area (Å²) >= 11 is 1.25. The molecule has 8 heteroatoms. The van der Waals surface area contributed by atoms with Gasteiger partial charge in [-0.15, -0.1) is 0 Å². The Balaban J connectivity index is 1.94. The summed E-state index contributed by atoms with van der Waals surface area (Å²) in [6.45, 7) is 5.71. The van der Waals surface area contributed by atoms with E-state index < -0.39 is 12.0 Å². The minimum atomic E-state index is -0.641. The summed E-state index contributed by atoms with van der Waals surface area (Å²) in [6.07, 6.45) is 1.72. The monoisotopic (exact) mass is 464 g/mol. The second kappa shape index (κ2) is 9.07. The highest BCUT2D eigenvalue weighted by atomic mass is 32.1. The number of aromatic hydroxyl groups is 1. The molecule has 3 aromatic rings. The van der Waals surface area contributed by atoms with Gasteiger partial charge in [-0.3, -0.25) is 9.36 Å². The molecule has 2 aromatic carbocycles. The molecule has 0 saturated heterocycles. The Morgan fingerprint density at radius 1 is 1.21 bits per heavy atom. The van der Waals surface area contributed by atoms with Crippen molar-refractivity contribution in [2.24, 2.45) is 4.99 Å². The summed E-state index contributed by atoms with van der Waals surface area (Å²) in [7, 11) is 1.47. The minimum absolute atomic E-state index is 0.0187. The van der Waals surface area contributed by atoms with E-state index in [4.69, 9.17) is 9.47 Å². The van der Waals surface area contributed by atoms with E-state index in [9.17, 15) is 14.7 Å². The van der Waals surface area contributed by atoms with Gasteiger partial charge in [-0.1, -0.05) is 47.2 Å². The smallest absolute Gasteiger partial charge is 0.338 e. The molecule has 33 heavy (non-hydrogen) atoms. The van der Waals surface area contributed by atoms with Crippen LogP contribution in [0.1, 0.15) is 36.6 Å². The molecule has 0 fully saturated rings. The number of ether oxygens (including phenoxy) is 2. The van der Waals surface area contributed by atoms with E-state index in [2.05, 4.69) is 4.99 Å². The fraction of sp³-hybridized carbons (Fsp3) is 0.240. The van der Waals surface area contributed by atoms with Crippen LogP contribution < -0.4 is 19.6 Å². The predicted molar refractivity (Wildman–Crippen MR) is 126 cm³/mol. The maximum Gasteiger partial charge on any atom is 0.338 e. The maximum atomic E-state index is 13.5. The number of hydrogen-bond acceptors (Lipinski definition) is 7. The molecule has 170 valence electrons. The lowest BCUT2D eigenvalue weighted by atomic mass is 9.95. The molecule has 0 amide bonds. The second-order valence-electron chi connectivity index (χ2n) is 7.64. The van der Waals surface area contributed by atoms with E-state index in [1.165, 1.54) is 24.5 Å². The molecular weight excluding hydrogens is 440 g/mol. The molecule has 1 atom stereocenters. The Morgan fingerprint density at radius 2 is 1.94 bits per heavy atom. The summed E-state index contributed by atoms with van der Waals surface area (Å²) in [5.41, 5.74) is 3.20. The first-order valence-corrected chi connectivity index (χ1v) is 11.3. The number of phenolic OH excluding ortho intramolecular Hbond substituents is 1. The molecule has 2 heterocycles. The zero-order valence-electron chi connectivity index (χ0n) is 18.8. The third-order valence-corrected chi connectivity index (χ3v) is 6.39. The topological polar surface area (TPSA) is 90.1 Å². The van der Waals surface area contributed by atoms with Crippen LogP contribution in [0.5, 0.6) is 11.5 Å².